The Labute approximate surface area is 148 Å². The highest BCUT2D eigenvalue weighted by molar-refractivity contribution is 5.92. The van der Waals surface area contributed by atoms with Gasteiger partial charge in [0.25, 0.3) is 5.56 Å². The van der Waals surface area contributed by atoms with Crippen molar-refractivity contribution in [3.63, 3.8) is 0 Å². The van der Waals surface area contributed by atoms with Crippen LogP contribution in [0.2, 0.25) is 0 Å². The minimum absolute atomic E-state index is 0.0959. The van der Waals surface area contributed by atoms with E-state index in [1.165, 1.54) is 38.0 Å². The standard InChI is InChI=1S/C18H17NO7/c1-23-14-8-12-11(15(24-2)16(14)25-3)6-7-19(17(12)20)9-10-4-5-13(26-10)18(21)22/h4-8H,9H2,1-3H3,(H,21,22). The number of furan rings is 1. The molecule has 3 aromatic rings. The van der Waals surface area contributed by atoms with Gasteiger partial charge in [0.15, 0.2) is 11.5 Å². The second-order valence-corrected chi connectivity index (χ2v) is 5.43. The molecule has 0 atom stereocenters. The Morgan fingerprint density at radius 1 is 1.08 bits per heavy atom. The van der Waals surface area contributed by atoms with Crippen LogP contribution in [0.15, 0.2) is 39.7 Å². The number of aromatic nitrogens is 1. The molecular weight excluding hydrogens is 342 g/mol. The van der Waals surface area contributed by atoms with Crippen molar-refractivity contribution in [3.8, 4) is 17.2 Å². The molecule has 136 valence electrons. The highest BCUT2D eigenvalue weighted by Gasteiger charge is 2.18. The zero-order chi connectivity index (χ0) is 18.8. The summed E-state index contributed by atoms with van der Waals surface area (Å²) < 4.78 is 22.6. The predicted molar refractivity (Wildman–Crippen MR) is 92.6 cm³/mol. The van der Waals surface area contributed by atoms with Crippen LogP contribution in [0, 0.1) is 0 Å². The lowest BCUT2D eigenvalue weighted by molar-refractivity contribution is 0.0660. The maximum atomic E-state index is 12.9. The Kier molecular flexibility index (Phi) is 4.57. The number of hydrogen-bond acceptors (Lipinski definition) is 6. The summed E-state index contributed by atoms with van der Waals surface area (Å²) in [5, 5.41) is 9.89. The molecule has 0 bridgehead atoms. The van der Waals surface area contributed by atoms with E-state index in [9.17, 15) is 9.59 Å². The molecule has 0 aliphatic carbocycles. The second-order valence-electron chi connectivity index (χ2n) is 5.43. The quantitative estimate of drug-likeness (QED) is 0.721. The van der Waals surface area contributed by atoms with Crippen LogP contribution in [0.4, 0.5) is 0 Å². The van der Waals surface area contributed by atoms with Gasteiger partial charge < -0.3 is 28.3 Å². The van der Waals surface area contributed by atoms with Crippen LogP contribution in [-0.2, 0) is 6.54 Å². The van der Waals surface area contributed by atoms with Crippen molar-refractivity contribution in [2.45, 2.75) is 6.54 Å². The van der Waals surface area contributed by atoms with Crippen molar-refractivity contribution in [3.05, 3.63) is 52.3 Å². The SMILES string of the molecule is COc1cc2c(=O)n(Cc3ccc(C(=O)O)o3)ccc2c(OC)c1OC. The molecule has 0 aliphatic rings. The minimum Gasteiger partial charge on any atom is -0.493 e. The number of methoxy groups -OCH3 is 3. The van der Waals surface area contributed by atoms with E-state index in [-0.39, 0.29) is 17.9 Å². The number of aromatic carboxylic acids is 1. The van der Waals surface area contributed by atoms with Crippen LogP contribution in [0.3, 0.4) is 0 Å². The highest BCUT2D eigenvalue weighted by Crippen LogP contribution is 2.42. The van der Waals surface area contributed by atoms with Crippen LogP contribution < -0.4 is 19.8 Å². The van der Waals surface area contributed by atoms with E-state index >= 15 is 0 Å². The lowest BCUT2D eigenvalue weighted by Gasteiger charge is -2.15. The van der Waals surface area contributed by atoms with E-state index in [4.69, 9.17) is 23.7 Å². The van der Waals surface area contributed by atoms with Gasteiger partial charge in [-0.15, -0.1) is 0 Å². The first-order valence-corrected chi connectivity index (χ1v) is 7.64. The fourth-order valence-electron chi connectivity index (χ4n) is 2.78. The minimum atomic E-state index is -1.16. The summed E-state index contributed by atoms with van der Waals surface area (Å²) in [5.41, 5.74) is -0.296. The third kappa shape index (κ3) is 2.85. The lowest BCUT2D eigenvalue weighted by Crippen LogP contribution is -2.20. The van der Waals surface area contributed by atoms with Gasteiger partial charge in [-0.3, -0.25) is 4.79 Å². The van der Waals surface area contributed by atoms with Gasteiger partial charge in [-0.05, 0) is 24.3 Å². The number of rotatable bonds is 6. The molecule has 8 heteroatoms. The molecule has 0 amide bonds. The van der Waals surface area contributed by atoms with E-state index in [1.807, 2.05) is 0 Å². The van der Waals surface area contributed by atoms with Gasteiger partial charge in [-0.25, -0.2) is 4.79 Å². The number of nitrogens with zero attached hydrogens (tertiary/aromatic N) is 1. The molecule has 2 aromatic heterocycles. The molecule has 8 nitrogen and oxygen atoms in total. The van der Waals surface area contributed by atoms with Gasteiger partial charge in [-0.2, -0.15) is 0 Å². The fourth-order valence-corrected chi connectivity index (χ4v) is 2.78. The number of benzene rings is 1. The Morgan fingerprint density at radius 3 is 2.38 bits per heavy atom. The Balaban J connectivity index is 2.13. The highest BCUT2D eigenvalue weighted by atomic mass is 16.5. The average Bonchev–Trinajstić information content (AvgIpc) is 3.11. The second kappa shape index (κ2) is 6.83. The van der Waals surface area contributed by atoms with Crippen molar-refractivity contribution in [2.24, 2.45) is 0 Å². The van der Waals surface area contributed by atoms with Crippen molar-refractivity contribution in [2.75, 3.05) is 21.3 Å². The predicted octanol–water partition coefficient (Wildman–Crippen LogP) is 2.37. The maximum absolute atomic E-state index is 12.9. The Bertz CT molecular complexity index is 1030. The van der Waals surface area contributed by atoms with Gasteiger partial charge in [0.05, 0.1) is 33.3 Å². The largest absolute Gasteiger partial charge is 0.493 e. The normalized spacial score (nSPS) is 10.7. The number of hydrogen-bond donors (Lipinski definition) is 1. The summed E-state index contributed by atoms with van der Waals surface area (Å²) in [6.45, 7) is 0.0959. The molecule has 0 saturated carbocycles. The molecule has 0 fully saturated rings. The molecule has 3 rings (SSSR count). The van der Waals surface area contributed by atoms with Gasteiger partial charge in [0, 0.05) is 11.6 Å². The number of carboxylic acids is 1. The average molecular weight is 359 g/mol. The third-order valence-electron chi connectivity index (χ3n) is 3.98. The molecule has 0 radical (unpaired) electrons. The number of carbonyl (C=O) groups is 1. The van der Waals surface area contributed by atoms with Gasteiger partial charge in [0.1, 0.15) is 5.76 Å². The van der Waals surface area contributed by atoms with Crippen LogP contribution in [0.1, 0.15) is 16.3 Å². The number of ether oxygens (including phenoxy) is 3. The monoisotopic (exact) mass is 359 g/mol. The molecule has 1 N–H and O–H groups in total. The topological polar surface area (TPSA) is 100 Å². The number of fused-ring (bicyclic) bond motifs is 1. The number of carboxylic acid groups (broad SMARTS) is 1. The maximum Gasteiger partial charge on any atom is 0.371 e. The summed E-state index contributed by atoms with van der Waals surface area (Å²) in [5.74, 6) is 0.189. The molecule has 0 aliphatic heterocycles. The van der Waals surface area contributed by atoms with E-state index in [0.717, 1.165) is 0 Å². The van der Waals surface area contributed by atoms with E-state index in [2.05, 4.69) is 0 Å². The summed E-state index contributed by atoms with van der Waals surface area (Å²) >= 11 is 0. The summed E-state index contributed by atoms with van der Waals surface area (Å²) in [6.07, 6.45) is 1.59. The molecule has 0 unspecified atom stereocenters. The molecule has 0 saturated heterocycles. The van der Waals surface area contributed by atoms with Crippen molar-refractivity contribution >= 4 is 16.7 Å². The molecule has 2 heterocycles. The number of pyridine rings is 1. The van der Waals surface area contributed by atoms with Crippen molar-refractivity contribution in [1.29, 1.82) is 0 Å². The smallest absolute Gasteiger partial charge is 0.371 e. The van der Waals surface area contributed by atoms with Crippen molar-refractivity contribution < 1.29 is 28.5 Å². The first-order valence-electron chi connectivity index (χ1n) is 7.64. The fraction of sp³-hybridized carbons (Fsp3) is 0.222. The van der Waals surface area contributed by atoms with E-state index < -0.39 is 5.97 Å². The molecule has 1 aromatic carbocycles. The van der Waals surface area contributed by atoms with Crippen LogP contribution >= 0.6 is 0 Å². The van der Waals surface area contributed by atoms with Gasteiger partial charge in [-0.1, -0.05) is 0 Å². The molecular formula is C18H17NO7. The summed E-state index contributed by atoms with van der Waals surface area (Å²) in [4.78, 5) is 23.8. The van der Waals surface area contributed by atoms with E-state index in [0.29, 0.717) is 33.8 Å². The third-order valence-corrected chi connectivity index (χ3v) is 3.98. The van der Waals surface area contributed by atoms with E-state index in [1.54, 1.807) is 18.3 Å². The molecule has 0 spiro atoms. The molecule has 26 heavy (non-hydrogen) atoms. The van der Waals surface area contributed by atoms with Crippen LogP contribution in [-0.4, -0.2) is 37.0 Å². The summed E-state index contributed by atoms with van der Waals surface area (Å²) in [7, 11) is 4.45. The first-order chi connectivity index (χ1) is 12.5. The summed E-state index contributed by atoms with van der Waals surface area (Å²) in [6, 6.07) is 6.18. The zero-order valence-electron chi connectivity index (χ0n) is 14.4. The Morgan fingerprint density at radius 2 is 1.81 bits per heavy atom. The van der Waals surface area contributed by atoms with Crippen molar-refractivity contribution in [1.82, 2.24) is 4.57 Å². The van der Waals surface area contributed by atoms with Gasteiger partial charge >= 0.3 is 5.97 Å². The lowest BCUT2D eigenvalue weighted by atomic mass is 10.1. The van der Waals surface area contributed by atoms with Crippen LogP contribution in [0.25, 0.3) is 10.8 Å². The Hall–Kier alpha value is -3.42. The van der Waals surface area contributed by atoms with Crippen LogP contribution in [0.5, 0.6) is 17.2 Å². The van der Waals surface area contributed by atoms with Gasteiger partial charge in [0.2, 0.25) is 11.5 Å². The zero-order valence-corrected chi connectivity index (χ0v) is 14.4. The first kappa shape index (κ1) is 17.4.